The zero-order valence-electron chi connectivity index (χ0n) is 7.27. The van der Waals surface area contributed by atoms with Gasteiger partial charge in [-0.25, -0.2) is 8.78 Å². The molecule has 0 amide bonds. The van der Waals surface area contributed by atoms with Gasteiger partial charge in [0.25, 0.3) is 0 Å². The Morgan fingerprint density at radius 1 is 1.38 bits per heavy atom. The lowest BCUT2D eigenvalue weighted by Gasteiger charge is -1.98. The Labute approximate surface area is 83.9 Å². The molecule has 1 rings (SSSR count). The largest absolute Gasteiger partial charge is 0.304 e. The quantitative estimate of drug-likeness (QED) is 0.511. The SMILES string of the molecule is CC=O.Cc1c(F)ccc(Br)c1F. The van der Waals surface area contributed by atoms with Crippen molar-refractivity contribution in [3.05, 3.63) is 33.8 Å². The summed E-state index contributed by atoms with van der Waals surface area (Å²) in [5, 5.41) is 0. The van der Waals surface area contributed by atoms with Gasteiger partial charge in [-0.1, -0.05) is 0 Å². The van der Waals surface area contributed by atoms with Crippen LogP contribution in [0.25, 0.3) is 0 Å². The van der Waals surface area contributed by atoms with Crippen molar-refractivity contribution in [1.29, 1.82) is 0 Å². The molecule has 72 valence electrons. The van der Waals surface area contributed by atoms with E-state index in [4.69, 9.17) is 4.79 Å². The van der Waals surface area contributed by atoms with Crippen molar-refractivity contribution in [2.75, 3.05) is 0 Å². The molecule has 1 aromatic carbocycles. The average Bonchev–Trinajstić information content (AvgIpc) is 2.10. The van der Waals surface area contributed by atoms with Gasteiger partial charge in [0, 0.05) is 5.56 Å². The Balaban J connectivity index is 0.000000424. The second-order valence-electron chi connectivity index (χ2n) is 2.20. The van der Waals surface area contributed by atoms with E-state index in [-0.39, 0.29) is 5.56 Å². The van der Waals surface area contributed by atoms with Crippen molar-refractivity contribution in [3.8, 4) is 0 Å². The number of carbonyl (C=O) groups excluding carboxylic acids is 1. The maximum atomic E-state index is 12.7. The van der Waals surface area contributed by atoms with Crippen LogP contribution in [0.4, 0.5) is 8.78 Å². The third-order valence-electron chi connectivity index (χ3n) is 1.27. The van der Waals surface area contributed by atoms with Gasteiger partial charge in [0.2, 0.25) is 0 Å². The van der Waals surface area contributed by atoms with Gasteiger partial charge in [-0.2, -0.15) is 0 Å². The number of aldehydes is 1. The van der Waals surface area contributed by atoms with Crippen molar-refractivity contribution in [2.45, 2.75) is 13.8 Å². The van der Waals surface area contributed by atoms with Crippen molar-refractivity contribution < 1.29 is 13.6 Å². The summed E-state index contributed by atoms with van der Waals surface area (Å²) in [7, 11) is 0. The topological polar surface area (TPSA) is 17.1 Å². The molecule has 0 aliphatic rings. The van der Waals surface area contributed by atoms with Crippen LogP contribution in [0.1, 0.15) is 12.5 Å². The fourth-order valence-corrected chi connectivity index (χ4v) is 1.06. The Hall–Kier alpha value is -0.770. The summed E-state index contributed by atoms with van der Waals surface area (Å²) in [6, 6.07) is 2.57. The number of benzene rings is 1. The molecule has 1 nitrogen and oxygen atoms in total. The molecule has 0 radical (unpaired) electrons. The van der Waals surface area contributed by atoms with Gasteiger partial charge in [0.05, 0.1) is 4.47 Å². The molecule has 1 aromatic rings. The van der Waals surface area contributed by atoms with Crippen LogP contribution in [0.15, 0.2) is 16.6 Å². The second kappa shape index (κ2) is 5.80. The van der Waals surface area contributed by atoms with E-state index in [9.17, 15) is 8.78 Å². The van der Waals surface area contributed by atoms with Gasteiger partial charge in [0.15, 0.2) is 0 Å². The molecule has 0 N–H and O–H groups in total. The van der Waals surface area contributed by atoms with Crippen LogP contribution < -0.4 is 0 Å². The molecule has 0 heterocycles. The van der Waals surface area contributed by atoms with E-state index in [1.807, 2.05) is 0 Å². The zero-order valence-corrected chi connectivity index (χ0v) is 8.86. The fraction of sp³-hybridized carbons (Fsp3) is 0.222. The number of carbonyl (C=O) groups is 1. The van der Waals surface area contributed by atoms with Crippen molar-refractivity contribution in [3.63, 3.8) is 0 Å². The summed E-state index contributed by atoms with van der Waals surface area (Å²) in [5.41, 5.74) is 0.0503. The van der Waals surface area contributed by atoms with Crippen molar-refractivity contribution in [2.24, 2.45) is 0 Å². The van der Waals surface area contributed by atoms with Gasteiger partial charge < -0.3 is 4.79 Å². The molecule has 0 atom stereocenters. The number of halogens is 3. The van der Waals surface area contributed by atoms with Crippen LogP contribution in [0.2, 0.25) is 0 Å². The highest BCUT2D eigenvalue weighted by atomic mass is 79.9. The molecular weight excluding hydrogens is 242 g/mol. The first kappa shape index (κ1) is 12.2. The van der Waals surface area contributed by atoms with E-state index in [0.717, 1.165) is 6.29 Å². The smallest absolute Gasteiger partial charge is 0.143 e. The standard InChI is InChI=1S/C7H5BrF2.C2H4O/c1-4-6(9)3-2-5(8)7(4)10;1-2-3/h2-3H,1H3;2H,1H3. The summed E-state index contributed by atoms with van der Waals surface area (Å²) in [6.07, 6.45) is 0.750. The van der Waals surface area contributed by atoms with E-state index >= 15 is 0 Å². The van der Waals surface area contributed by atoms with Gasteiger partial charge in [-0.15, -0.1) is 0 Å². The predicted molar refractivity (Wildman–Crippen MR) is 50.5 cm³/mol. The van der Waals surface area contributed by atoms with Gasteiger partial charge >= 0.3 is 0 Å². The lowest BCUT2D eigenvalue weighted by atomic mass is 10.2. The highest BCUT2D eigenvalue weighted by Crippen LogP contribution is 2.19. The van der Waals surface area contributed by atoms with Crippen LogP contribution in [-0.4, -0.2) is 6.29 Å². The summed E-state index contributed by atoms with van der Waals surface area (Å²) >= 11 is 2.94. The first-order valence-electron chi connectivity index (χ1n) is 3.54. The van der Waals surface area contributed by atoms with E-state index in [1.54, 1.807) is 0 Å². The van der Waals surface area contributed by atoms with Gasteiger partial charge in [-0.3, -0.25) is 0 Å². The fourth-order valence-electron chi connectivity index (χ4n) is 0.628. The highest BCUT2D eigenvalue weighted by molar-refractivity contribution is 9.10. The van der Waals surface area contributed by atoms with E-state index in [1.165, 1.54) is 26.0 Å². The second-order valence-corrected chi connectivity index (χ2v) is 3.06. The molecule has 0 fully saturated rings. The molecule has 0 saturated carbocycles. The van der Waals surface area contributed by atoms with Crippen LogP contribution in [0.3, 0.4) is 0 Å². The normalized spacial score (nSPS) is 8.69. The lowest BCUT2D eigenvalue weighted by Crippen LogP contribution is -1.88. The Morgan fingerprint density at radius 3 is 2.23 bits per heavy atom. The van der Waals surface area contributed by atoms with Gasteiger partial charge in [-0.05, 0) is 41.9 Å². The van der Waals surface area contributed by atoms with E-state index in [2.05, 4.69) is 15.9 Å². The van der Waals surface area contributed by atoms with Crippen LogP contribution in [-0.2, 0) is 4.79 Å². The summed E-state index contributed by atoms with van der Waals surface area (Å²) in [5.74, 6) is -1.04. The Bertz CT molecular complexity index is 273. The molecule has 0 unspecified atom stereocenters. The first-order valence-corrected chi connectivity index (χ1v) is 4.33. The minimum atomic E-state index is -0.528. The third-order valence-corrected chi connectivity index (χ3v) is 1.89. The van der Waals surface area contributed by atoms with Crippen LogP contribution in [0.5, 0.6) is 0 Å². The maximum Gasteiger partial charge on any atom is 0.143 e. The molecule has 0 aliphatic heterocycles. The monoisotopic (exact) mass is 250 g/mol. The van der Waals surface area contributed by atoms with E-state index in [0.29, 0.717) is 4.47 Å². The van der Waals surface area contributed by atoms with Gasteiger partial charge in [0.1, 0.15) is 17.9 Å². The lowest BCUT2D eigenvalue weighted by molar-refractivity contribution is -0.106. The Morgan fingerprint density at radius 2 is 1.85 bits per heavy atom. The number of rotatable bonds is 0. The molecule has 0 bridgehead atoms. The minimum absolute atomic E-state index is 0.0503. The summed E-state index contributed by atoms with van der Waals surface area (Å²) in [6.45, 7) is 2.84. The van der Waals surface area contributed by atoms with E-state index < -0.39 is 11.6 Å². The molecule has 0 saturated heterocycles. The van der Waals surface area contributed by atoms with Crippen molar-refractivity contribution in [1.82, 2.24) is 0 Å². The molecule has 0 aromatic heterocycles. The average molecular weight is 251 g/mol. The zero-order chi connectivity index (χ0) is 10.4. The first-order chi connectivity index (χ1) is 6.04. The highest BCUT2D eigenvalue weighted by Gasteiger charge is 2.05. The molecule has 4 heteroatoms. The van der Waals surface area contributed by atoms with Crippen LogP contribution in [0, 0.1) is 18.6 Å². The van der Waals surface area contributed by atoms with Crippen LogP contribution >= 0.6 is 15.9 Å². The number of hydrogen-bond donors (Lipinski definition) is 0. The summed E-state index contributed by atoms with van der Waals surface area (Å²) in [4.78, 5) is 8.81. The molecule has 0 spiro atoms. The molecule has 0 aliphatic carbocycles. The third kappa shape index (κ3) is 3.63. The van der Waals surface area contributed by atoms with Crippen molar-refractivity contribution >= 4 is 22.2 Å². The Kier molecular flexibility index (Phi) is 5.46. The predicted octanol–water partition coefficient (Wildman–Crippen LogP) is 3.24. The summed E-state index contributed by atoms with van der Waals surface area (Å²) < 4.78 is 25.5. The molecule has 13 heavy (non-hydrogen) atoms. The maximum absolute atomic E-state index is 12.7. The minimum Gasteiger partial charge on any atom is -0.304 e. The molecular formula is C9H9BrF2O. The number of hydrogen-bond acceptors (Lipinski definition) is 1.